The van der Waals surface area contributed by atoms with Gasteiger partial charge in [-0.2, -0.15) is 4.98 Å². The van der Waals surface area contributed by atoms with Crippen molar-refractivity contribution in [3.05, 3.63) is 11.7 Å². The van der Waals surface area contributed by atoms with Gasteiger partial charge in [0.1, 0.15) is 0 Å². The Balaban J connectivity index is 2.00. The van der Waals surface area contributed by atoms with Crippen molar-refractivity contribution < 1.29 is 4.52 Å². The molecule has 2 unspecified atom stereocenters. The van der Waals surface area contributed by atoms with Gasteiger partial charge in [0.15, 0.2) is 5.82 Å². The van der Waals surface area contributed by atoms with Crippen LogP contribution in [0.15, 0.2) is 4.52 Å². The van der Waals surface area contributed by atoms with Gasteiger partial charge < -0.3 is 10.3 Å². The van der Waals surface area contributed by atoms with Crippen LogP contribution in [0.4, 0.5) is 0 Å². The summed E-state index contributed by atoms with van der Waals surface area (Å²) in [5.74, 6) is 2.10. The van der Waals surface area contributed by atoms with Crippen LogP contribution in [-0.2, 0) is 12.0 Å². The van der Waals surface area contributed by atoms with Gasteiger partial charge in [0.2, 0.25) is 5.89 Å². The molecule has 0 amide bonds. The summed E-state index contributed by atoms with van der Waals surface area (Å²) in [6.45, 7) is 11.0. The Morgan fingerprint density at radius 2 is 2.17 bits per heavy atom. The number of likely N-dealkylation sites (tertiary alicyclic amines) is 1. The van der Waals surface area contributed by atoms with E-state index in [4.69, 9.17) is 10.3 Å². The Hall–Kier alpha value is -0.940. The van der Waals surface area contributed by atoms with Crippen LogP contribution in [0.25, 0.3) is 0 Å². The van der Waals surface area contributed by atoms with Gasteiger partial charge in [-0.25, -0.2) is 0 Å². The van der Waals surface area contributed by atoms with Crippen molar-refractivity contribution in [3.8, 4) is 0 Å². The highest BCUT2D eigenvalue weighted by Gasteiger charge is 2.29. The number of nitrogens with zero attached hydrogens (tertiary/aromatic N) is 3. The van der Waals surface area contributed by atoms with E-state index in [1.165, 1.54) is 6.42 Å². The van der Waals surface area contributed by atoms with Crippen molar-refractivity contribution in [1.29, 1.82) is 0 Å². The molecule has 1 saturated heterocycles. The van der Waals surface area contributed by atoms with E-state index in [-0.39, 0.29) is 5.41 Å². The minimum atomic E-state index is -0.0817. The number of nitrogens with two attached hydrogens (primary N) is 1. The minimum absolute atomic E-state index is 0.0817. The summed E-state index contributed by atoms with van der Waals surface area (Å²) in [6, 6.07) is 0.551. The van der Waals surface area contributed by atoms with E-state index in [9.17, 15) is 0 Å². The summed E-state index contributed by atoms with van der Waals surface area (Å²) >= 11 is 0. The van der Waals surface area contributed by atoms with Crippen LogP contribution in [0, 0.1) is 5.92 Å². The molecule has 0 bridgehead atoms. The number of hydrogen-bond acceptors (Lipinski definition) is 5. The van der Waals surface area contributed by atoms with Crippen molar-refractivity contribution in [3.63, 3.8) is 0 Å². The molecule has 0 aromatic carbocycles. The van der Waals surface area contributed by atoms with Crippen molar-refractivity contribution in [2.24, 2.45) is 11.7 Å². The zero-order valence-corrected chi connectivity index (χ0v) is 11.8. The van der Waals surface area contributed by atoms with Crippen LogP contribution in [0.1, 0.15) is 45.8 Å². The van der Waals surface area contributed by atoms with E-state index in [1.807, 2.05) is 0 Å². The van der Waals surface area contributed by atoms with Crippen LogP contribution < -0.4 is 5.73 Å². The van der Waals surface area contributed by atoms with E-state index in [0.717, 1.165) is 25.5 Å². The van der Waals surface area contributed by atoms with Crippen molar-refractivity contribution in [1.82, 2.24) is 15.0 Å². The molecule has 1 aromatic rings. The molecule has 5 nitrogen and oxygen atoms in total. The summed E-state index contributed by atoms with van der Waals surface area (Å²) in [5.41, 5.74) is 5.65. The maximum Gasteiger partial charge on any atom is 0.232 e. The molecule has 18 heavy (non-hydrogen) atoms. The first-order valence-corrected chi connectivity index (χ1v) is 6.67. The third-order valence-corrected chi connectivity index (χ3v) is 3.58. The maximum absolute atomic E-state index is 5.74. The average molecular weight is 252 g/mol. The fourth-order valence-electron chi connectivity index (χ4n) is 2.41. The fraction of sp³-hybridized carbons (Fsp3) is 0.846. The summed E-state index contributed by atoms with van der Waals surface area (Å²) in [6.07, 6.45) is 1.17. The van der Waals surface area contributed by atoms with Gasteiger partial charge in [-0.05, 0) is 25.8 Å². The van der Waals surface area contributed by atoms with Gasteiger partial charge in [0.05, 0.1) is 6.54 Å². The number of rotatable bonds is 3. The highest BCUT2D eigenvalue weighted by Crippen LogP contribution is 2.24. The second kappa shape index (κ2) is 4.97. The summed E-state index contributed by atoms with van der Waals surface area (Å²) in [5, 5.41) is 4.07. The minimum Gasteiger partial charge on any atom is -0.339 e. The van der Waals surface area contributed by atoms with E-state index in [2.05, 4.69) is 42.7 Å². The topological polar surface area (TPSA) is 68.2 Å². The van der Waals surface area contributed by atoms with E-state index in [1.54, 1.807) is 0 Å². The standard InChI is InChI=1S/C13H24N4O/c1-9-5-10(6-14)7-17(9)8-11-15-12(18-16-11)13(2,3)4/h9-10H,5-8,14H2,1-4H3. The zero-order valence-electron chi connectivity index (χ0n) is 11.8. The molecule has 2 atom stereocenters. The maximum atomic E-state index is 5.74. The Bertz CT molecular complexity index is 396. The van der Waals surface area contributed by atoms with Crippen LogP contribution in [-0.4, -0.2) is 34.2 Å². The van der Waals surface area contributed by atoms with E-state index in [0.29, 0.717) is 17.9 Å². The molecule has 2 N–H and O–H groups in total. The Morgan fingerprint density at radius 3 is 2.67 bits per heavy atom. The predicted molar refractivity (Wildman–Crippen MR) is 70.0 cm³/mol. The predicted octanol–water partition coefficient (Wildman–Crippen LogP) is 1.54. The smallest absolute Gasteiger partial charge is 0.232 e. The molecular formula is C13H24N4O. The Labute approximate surface area is 109 Å². The molecular weight excluding hydrogens is 228 g/mol. The third-order valence-electron chi connectivity index (χ3n) is 3.58. The lowest BCUT2D eigenvalue weighted by Crippen LogP contribution is -2.28. The van der Waals surface area contributed by atoms with Gasteiger partial charge in [0.25, 0.3) is 0 Å². The lowest BCUT2D eigenvalue weighted by molar-refractivity contribution is 0.244. The van der Waals surface area contributed by atoms with Gasteiger partial charge >= 0.3 is 0 Å². The highest BCUT2D eigenvalue weighted by atomic mass is 16.5. The van der Waals surface area contributed by atoms with E-state index < -0.39 is 0 Å². The summed E-state index contributed by atoms with van der Waals surface area (Å²) in [7, 11) is 0. The molecule has 1 fully saturated rings. The van der Waals surface area contributed by atoms with Gasteiger partial charge in [0, 0.05) is 18.0 Å². The largest absolute Gasteiger partial charge is 0.339 e. The molecule has 0 radical (unpaired) electrons. The number of hydrogen-bond donors (Lipinski definition) is 1. The van der Waals surface area contributed by atoms with Crippen molar-refractivity contribution in [2.45, 2.75) is 52.1 Å². The zero-order chi connectivity index (χ0) is 13.3. The van der Waals surface area contributed by atoms with Crippen LogP contribution >= 0.6 is 0 Å². The second-order valence-corrected chi connectivity index (χ2v) is 6.38. The Morgan fingerprint density at radius 1 is 1.44 bits per heavy atom. The van der Waals surface area contributed by atoms with Gasteiger partial charge in [-0.3, -0.25) is 4.90 Å². The SMILES string of the molecule is CC1CC(CN)CN1Cc1noc(C(C)(C)C)n1. The lowest BCUT2D eigenvalue weighted by atomic mass is 9.97. The summed E-state index contributed by atoms with van der Waals surface area (Å²) < 4.78 is 5.32. The van der Waals surface area contributed by atoms with Crippen molar-refractivity contribution in [2.75, 3.05) is 13.1 Å². The molecule has 5 heteroatoms. The van der Waals surface area contributed by atoms with Crippen LogP contribution in [0.5, 0.6) is 0 Å². The fourth-order valence-corrected chi connectivity index (χ4v) is 2.41. The molecule has 0 spiro atoms. The normalized spacial score (nSPS) is 25.8. The van der Waals surface area contributed by atoms with Gasteiger partial charge in [-0.1, -0.05) is 25.9 Å². The molecule has 0 aliphatic carbocycles. The first-order chi connectivity index (χ1) is 8.40. The molecule has 2 rings (SSSR count). The Kier molecular flexibility index (Phi) is 3.73. The molecule has 1 aromatic heterocycles. The third kappa shape index (κ3) is 2.90. The molecule has 1 aliphatic rings. The lowest BCUT2D eigenvalue weighted by Gasteiger charge is -2.18. The van der Waals surface area contributed by atoms with E-state index >= 15 is 0 Å². The average Bonchev–Trinajstić information content (AvgIpc) is 2.86. The van der Waals surface area contributed by atoms with Gasteiger partial charge in [-0.15, -0.1) is 0 Å². The van der Waals surface area contributed by atoms with Crippen LogP contribution in [0.3, 0.4) is 0 Å². The molecule has 102 valence electrons. The van der Waals surface area contributed by atoms with Crippen LogP contribution in [0.2, 0.25) is 0 Å². The molecule has 0 saturated carbocycles. The quantitative estimate of drug-likeness (QED) is 0.883. The molecule has 2 heterocycles. The molecule has 1 aliphatic heterocycles. The first kappa shape index (κ1) is 13.5. The number of aromatic nitrogens is 2. The monoisotopic (exact) mass is 252 g/mol. The second-order valence-electron chi connectivity index (χ2n) is 6.38. The summed E-state index contributed by atoms with van der Waals surface area (Å²) in [4.78, 5) is 6.86. The van der Waals surface area contributed by atoms with Crippen molar-refractivity contribution >= 4 is 0 Å². The first-order valence-electron chi connectivity index (χ1n) is 6.67. The highest BCUT2D eigenvalue weighted by molar-refractivity contribution is 4.99.